The van der Waals surface area contributed by atoms with Crippen LogP contribution in [0.2, 0.25) is 0 Å². The normalized spacial score (nSPS) is 11.9. The number of rotatable bonds is 5. The third-order valence-electron chi connectivity index (χ3n) is 3.01. The lowest BCUT2D eigenvalue weighted by Gasteiger charge is -2.16. The Morgan fingerprint density at radius 1 is 1.10 bits per heavy atom. The first-order valence-electron chi connectivity index (χ1n) is 6.43. The number of amides is 1. The maximum atomic E-state index is 12.1. The second-order valence-corrected chi connectivity index (χ2v) is 5.11. The van der Waals surface area contributed by atoms with Crippen LogP contribution in [0.5, 0.6) is 0 Å². The molecule has 0 aliphatic rings. The van der Waals surface area contributed by atoms with Gasteiger partial charge in [0.15, 0.2) is 0 Å². The highest BCUT2D eigenvalue weighted by Crippen LogP contribution is 2.09. The fraction of sp³-hybridized carbons (Fsp3) is 0.188. The van der Waals surface area contributed by atoms with Crippen LogP contribution in [0.15, 0.2) is 59.5 Å². The van der Waals surface area contributed by atoms with Crippen LogP contribution in [0, 0.1) is 0 Å². The van der Waals surface area contributed by atoms with E-state index in [0.717, 1.165) is 10.5 Å². The van der Waals surface area contributed by atoms with Crippen LogP contribution in [-0.2, 0) is 6.42 Å². The number of carbonyl (C=O) groups excluding carboxylic acids is 1. The molecule has 20 heavy (non-hydrogen) atoms. The quantitative estimate of drug-likeness (QED) is 0.739. The summed E-state index contributed by atoms with van der Waals surface area (Å²) in [5, 5.41) is 12.2. The van der Waals surface area contributed by atoms with Crippen molar-refractivity contribution in [1.82, 2.24) is 5.32 Å². The van der Waals surface area contributed by atoms with E-state index in [1.54, 1.807) is 24.3 Å². The lowest BCUT2D eigenvalue weighted by Crippen LogP contribution is -2.39. The van der Waals surface area contributed by atoms with E-state index >= 15 is 0 Å². The number of aliphatic hydroxyl groups is 1. The number of benzene rings is 2. The van der Waals surface area contributed by atoms with Crippen LogP contribution < -0.4 is 5.32 Å². The number of hydrogen-bond acceptors (Lipinski definition) is 3. The van der Waals surface area contributed by atoms with E-state index < -0.39 is 0 Å². The Bertz CT molecular complexity index is 554. The molecule has 1 amide bonds. The summed E-state index contributed by atoms with van der Waals surface area (Å²) < 4.78 is 0. The number of aliphatic hydroxyl groups excluding tert-OH is 1. The predicted molar refractivity (Wildman–Crippen MR) is 82.2 cm³/mol. The molecule has 0 bridgehead atoms. The highest BCUT2D eigenvalue weighted by molar-refractivity contribution is 7.80. The van der Waals surface area contributed by atoms with E-state index in [-0.39, 0.29) is 18.6 Å². The van der Waals surface area contributed by atoms with Crippen molar-refractivity contribution in [3.05, 3.63) is 65.7 Å². The molecule has 0 aliphatic carbocycles. The second-order valence-electron chi connectivity index (χ2n) is 4.59. The van der Waals surface area contributed by atoms with Crippen LogP contribution in [0.4, 0.5) is 0 Å². The average molecular weight is 287 g/mol. The molecule has 2 aromatic carbocycles. The molecule has 0 fully saturated rings. The van der Waals surface area contributed by atoms with E-state index in [9.17, 15) is 9.90 Å². The molecule has 1 atom stereocenters. The minimum absolute atomic E-state index is 0.0920. The predicted octanol–water partition coefficient (Wildman–Crippen LogP) is 2.31. The van der Waals surface area contributed by atoms with Crippen LogP contribution >= 0.6 is 12.6 Å². The van der Waals surface area contributed by atoms with Gasteiger partial charge in [-0.3, -0.25) is 4.79 Å². The zero-order chi connectivity index (χ0) is 14.4. The van der Waals surface area contributed by atoms with Crippen molar-refractivity contribution in [1.29, 1.82) is 0 Å². The van der Waals surface area contributed by atoms with Crippen molar-refractivity contribution in [3.63, 3.8) is 0 Å². The molecule has 1 unspecified atom stereocenters. The highest BCUT2D eigenvalue weighted by Gasteiger charge is 2.13. The minimum atomic E-state index is -0.291. The fourth-order valence-electron chi connectivity index (χ4n) is 1.94. The summed E-state index contributed by atoms with van der Waals surface area (Å²) in [4.78, 5) is 12.9. The van der Waals surface area contributed by atoms with Crippen LogP contribution in [0.25, 0.3) is 0 Å². The Morgan fingerprint density at radius 2 is 1.75 bits per heavy atom. The number of carbonyl (C=O) groups is 1. The largest absolute Gasteiger partial charge is 0.394 e. The summed E-state index contributed by atoms with van der Waals surface area (Å²) in [5.41, 5.74) is 1.65. The fourth-order valence-corrected chi connectivity index (χ4v) is 2.09. The summed E-state index contributed by atoms with van der Waals surface area (Å²) in [6.45, 7) is -0.0920. The summed E-state index contributed by atoms with van der Waals surface area (Å²) in [6.07, 6.45) is 0.605. The lowest BCUT2D eigenvalue weighted by atomic mass is 10.1. The maximum absolute atomic E-state index is 12.1. The number of thiol groups is 1. The van der Waals surface area contributed by atoms with Gasteiger partial charge in [-0.15, -0.1) is 12.6 Å². The Morgan fingerprint density at radius 3 is 2.35 bits per heavy atom. The standard InChI is InChI=1S/C16H17NO2S/c18-11-14(10-12-4-2-1-3-5-12)17-16(19)13-6-8-15(20)9-7-13/h1-9,14,18,20H,10-11H2,(H,17,19). The summed E-state index contributed by atoms with van der Waals surface area (Å²) in [6, 6.07) is 16.5. The third kappa shape index (κ3) is 4.11. The van der Waals surface area contributed by atoms with Gasteiger partial charge in [0.05, 0.1) is 12.6 Å². The van der Waals surface area contributed by atoms with Gasteiger partial charge >= 0.3 is 0 Å². The molecule has 0 saturated carbocycles. The van der Waals surface area contributed by atoms with Crippen molar-refractivity contribution < 1.29 is 9.90 Å². The molecule has 0 spiro atoms. The van der Waals surface area contributed by atoms with Gasteiger partial charge in [-0.1, -0.05) is 30.3 Å². The number of nitrogens with one attached hydrogen (secondary N) is 1. The summed E-state index contributed by atoms with van der Waals surface area (Å²) in [5.74, 6) is -0.187. The van der Waals surface area contributed by atoms with Gasteiger partial charge in [0.25, 0.3) is 5.91 Å². The van der Waals surface area contributed by atoms with Crippen molar-refractivity contribution in [2.24, 2.45) is 0 Å². The molecule has 0 aromatic heterocycles. The third-order valence-corrected chi connectivity index (χ3v) is 3.31. The van der Waals surface area contributed by atoms with Gasteiger partial charge in [0.2, 0.25) is 0 Å². The van der Waals surface area contributed by atoms with E-state index in [2.05, 4.69) is 17.9 Å². The second kappa shape index (κ2) is 7.12. The first-order valence-corrected chi connectivity index (χ1v) is 6.88. The van der Waals surface area contributed by atoms with Gasteiger partial charge in [0, 0.05) is 10.5 Å². The molecule has 0 radical (unpaired) electrons. The van der Waals surface area contributed by atoms with Gasteiger partial charge in [0.1, 0.15) is 0 Å². The lowest BCUT2D eigenvalue weighted by molar-refractivity contribution is 0.0916. The molecular weight excluding hydrogens is 270 g/mol. The molecule has 0 saturated heterocycles. The Kier molecular flexibility index (Phi) is 5.21. The monoisotopic (exact) mass is 287 g/mol. The van der Waals surface area contributed by atoms with Crippen LogP contribution in [-0.4, -0.2) is 23.7 Å². The van der Waals surface area contributed by atoms with Gasteiger partial charge < -0.3 is 10.4 Å². The van der Waals surface area contributed by atoms with Crippen molar-refractivity contribution >= 4 is 18.5 Å². The number of hydrogen-bond donors (Lipinski definition) is 3. The Hall–Kier alpha value is -1.78. The van der Waals surface area contributed by atoms with E-state index in [0.29, 0.717) is 12.0 Å². The molecule has 2 rings (SSSR count). The topological polar surface area (TPSA) is 49.3 Å². The minimum Gasteiger partial charge on any atom is -0.394 e. The Labute approximate surface area is 124 Å². The van der Waals surface area contributed by atoms with Gasteiger partial charge in [-0.2, -0.15) is 0 Å². The molecule has 3 nitrogen and oxygen atoms in total. The first kappa shape index (κ1) is 14.6. The zero-order valence-electron chi connectivity index (χ0n) is 11.0. The van der Waals surface area contributed by atoms with Gasteiger partial charge in [-0.05, 0) is 36.2 Å². The summed E-state index contributed by atoms with van der Waals surface area (Å²) >= 11 is 4.18. The van der Waals surface area contributed by atoms with Crippen molar-refractivity contribution in [2.45, 2.75) is 17.4 Å². The molecular formula is C16H17NO2S. The summed E-state index contributed by atoms with van der Waals surface area (Å²) in [7, 11) is 0. The molecule has 4 heteroatoms. The molecule has 0 heterocycles. The molecule has 104 valence electrons. The Balaban J connectivity index is 1.99. The maximum Gasteiger partial charge on any atom is 0.251 e. The van der Waals surface area contributed by atoms with Crippen LogP contribution in [0.3, 0.4) is 0 Å². The van der Waals surface area contributed by atoms with Crippen LogP contribution in [0.1, 0.15) is 15.9 Å². The van der Waals surface area contributed by atoms with Gasteiger partial charge in [-0.25, -0.2) is 0 Å². The van der Waals surface area contributed by atoms with E-state index in [1.165, 1.54) is 0 Å². The molecule has 2 N–H and O–H groups in total. The van der Waals surface area contributed by atoms with Crippen molar-refractivity contribution in [3.8, 4) is 0 Å². The first-order chi connectivity index (χ1) is 9.69. The SMILES string of the molecule is O=C(NC(CO)Cc1ccccc1)c1ccc(S)cc1. The molecule has 2 aromatic rings. The van der Waals surface area contributed by atoms with E-state index in [4.69, 9.17) is 0 Å². The smallest absolute Gasteiger partial charge is 0.251 e. The van der Waals surface area contributed by atoms with Crippen molar-refractivity contribution in [2.75, 3.05) is 6.61 Å². The van der Waals surface area contributed by atoms with E-state index in [1.807, 2.05) is 30.3 Å². The molecule has 0 aliphatic heterocycles. The highest BCUT2D eigenvalue weighted by atomic mass is 32.1. The average Bonchev–Trinajstić information content (AvgIpc) is 2.48. The zero-order valence-corrected chi connectivity index (χ0v) is 11.9.